The van der Waals surface area contributed by atoms with Gasteiger partial charge >= 0.3 is 12.6 Å². The summed E-state index contributed by atoms with van der Waals surface area (Å²) < 4.78 is 80.8. The Morgan fingerprint density at radius 3 is 2.33 bits per heavy atom. The van der Waals surface area contributed by atoms with E-state index >= 15 is 0 Å². The summed E-state index contributed by atoms with van der Waals surface area (Å²) in [6, 6.07) is 14.9. The van der Waals surface area contributed by atoms with E-state index in [9.17, 15) is 31.5 Å². The van der Waals surface area contributed by atoms with Crippen molar-refractivity contribution in [2.24, 2.45) is 10.8 Å². The molecule has 1 heterocycles. The first-order valence-corrected chi connectivity index (χ1v) is 15.8. The van der Waals surface area contributed by atoms with Crippen LogP contribution in [-0.4, -0.2) is 38.8 Å². The zero-order valence-corrected chi connectivity index (χ0v) is 24.0. The number of nitrogens with zero attached hydrogens (tertiary/aromatic N) is 1. The van der Waals surface area contributed by atoms with E-state index in [1.165, 1.54) is 10.4 Å². The molecule has 1 atom stereocenters. The second-order valence-corrected chi connectivity index (χ2v) is 14.2. The van der Waals surface area contributed by atoms with Crippen LogP contribution in [0.25, 0.3) is 11.1 Å². The fraction of sp³-hybridized carbons (Fsp3) is 0.406. The zero-order valence-electron chi connectivity index (χ0n) is 23.1. The van der Waals surface area contributed by atoms with Gasteiger partial charge in [0.15, 0.2) is 0 Å². The van der Waals surface area contributed by atoms with Gasteiger partial charge in [-0.05, 0) is 104 Å². The van der Waals surface area contributed by atoms with E-state index in [1.807, 2.05) is 12.1 Å². The Bertz CT molecular complexity index is 1700. The lowest BCUT2D eigenvalue weighted by molar-refractivity contribution is -0.148. The Morgan fingerprint density at radius 2 is 1.70 bits per heavy atom. The van der Waals surface area contributed by atoms with Crippen LogP contribution in [0.5, 0.6) is 11.5 Å². The predicted octanol–water partition coefficient (Wildman–Crippen LogP) is 6.96. The normalized spacial score (nSPS) is 26.3. The third-order valence-corrected chi connectivity index (χ3v) is 11.6. The Morgan fingerprint density at radius 1 is 0.977 bits per heavy atom. The summed E-state index contributed by atoms with van der Waals surface area (Å²) in [5.74, 6) is -1.21. The fourth-order valence-corrected chi connectivity index (χ4v) is 8.78. The molecule has 0 aromatic heterocycles. The van der Waals surface area contributed by atoms with Crippen LogP contribution in [0.4, 0.5) is 18.9 Å². The lowest BCUT2D eigenvalue weighted by Gasteiger charge is -2.43. The average Bonchev–Trinajstić information content (AvgIpc) is 3.66. The number of carboxylic acids is 1. The number of halogens is 3. The highest BCUT2D eigenvalue weighted by atomic mass is 32.2. The van der Waals surface area contributed by atoms with Crippen LogP contribution in [-0.2, 0) is 14.8 Å². The molecule has 11 heteroatoms. The highest BCUT2D eigenvalue weighted by Crippen LogP contribution is 2.64. The van der Waals surface area contributed by atoms with Gasteiger partial charge in [0.25, 0.3) is 10.0 Å². The van der Waals surface area contributed by atoms with Crippen molar-refractivity contribution in [1.29, 1.82) is 0 Å². The lowest BCUT2D eigenvalue weighted by atomic mass is 9.78. The van der Waals surface area contributed by atoms with Gasteiger partial charge in [0.1, 0.15) is 23.4 Å². The molecule has 7 nitrogen and oxygen atoms in total. The third-order valence-electron chi connectivity index (χ3n) is 9.81. The van der Waals surface area contributed by atoms with Gasteiger partial charge in [0, 0.05) is 11.5 Å². The zero-order chi connectivity index (χ0) is 30.1. The van der Waals surface area contributed by atoms with Gasteiger partial charge < -0.3 is 14.6 Å². The van der Waals surface area contributed by atoms with Crippen LogP contribution in [0.2, 0.25) is 0 Å². The first-order chi connectivity index (χ1) is 20.5. The predicted molar refractivity (Wildman–Crippen MR) is 151 cm³/mol. The van der Waals surface area contributed by atoms with Gasteiger partial charge in [-0.1, -0.05) is 18.2 Å². The van der Waals surface area contributed by atoms with Crippen molar-refractivity contribution >= 4 is 21.7 Å². The molecule has 0 radical (unpaired) electrons. The molecule has 3 saturated carbocycles. The SMILES string of the molecule is O=C(O)C12CCC([C@H]3CN(S(=O)(=O)c4ccc(C5CC5)cc4)c4cc(-c5cc(F)cc(OC(F)F)c5)ccc4O3)(CC1)C2. The van der Waals surface area contributed by atoms with Crippen molar-refractivity contribution in [3.05, 3.63) is 72.0 Å². The van der Waals surface area contributed by atoms with Gasteiger partial charge in [-0.15, -0.1) is 0 Å². The molecule has 3 aromatic carbocycles. The molecular weight excluding hydrogens is 583 g/mol. The van der Waals surface area contributed by atoms with Crippen LogP contribution < -0.4 is 13.8 Å². The van der Waals surface area contributed by atoms with Crippen molar-refractivity contribution < 1.29 is 41.0 Å². The van der Waals surface area contributed by atoms with Crippen molar-refractivity contribution in [2.75, 3.05) is 10.8 Å². The number of benzene rings is 3. The quantitative estimate of drug-likeness (QED) is 0.295. The number of sulfonamides is 1. The minimum atomic E-state index is -4.10. The summed E-state index contributed by atoms with van der Waals surface area (Å²) in [4.78, 5) is 12.3. The summed E-state index contributed by atoms with van der Waals surface area (Å²) in [6.45, 7) is -3.16. The van der Waals surface area contributed by atoms with E-state index < -0.39 is 45.4 Å². The van der Waals surface area contributed by atoms with Crippen LogP contribution >= 0.6 is 0 Å². The van der Waals surface area contributed by atoms with Gasteiger partial charge in [0.2, 0.25) is 0 Å². The molecule has 2 bridgehead atoms. The minimum absolute atomic E-state index is 0.0260. The van der Waals surface area contributed by atoms with Crippen molar-refractivity contribution in [3.63, 3.8) is 0 Å². The molecule has 3 fully saturated rings. The summed E-state index contributed by atoms with van der Waals surface area (Å²) in [7, 11) is -4.10. The van der Waals surface area contributed by atoms with Crippen LogP contribution in [0, 0.1) is 16.6 Å². The van der Waals surface area contributed by atoms with E-state index in [0.717, 1.165) is 30.5 Å². The summed E-state index contributed by atoms with van der Waals surface area (Å²) in [6.07, 6.45) is 4.30. The summed E-state index contributed by atoms with van der Waals surface area (Å²) in [5.41, 5.74) is 0.637. The van der Waals surface area contributed by atoms with Crippen molar-refractivity contribution in [3.8, 4) is 22.6 Å². The molecule has 3 aliphatic carbocycles. The maximum atomic E-state index is 14.4. The molecule has 43 heavy (non-hydrogen) atoms. The van der Waals surface area contributed by atoms with Crippen LogP contribution in [0.3, 0.4) is 0 Å². The molecule has 1 aliphatic heterocycles. The monoisotopic (exact) mass is 613 g/mol. The molecule has 4 aliphatic rings. The van der Waals surface area contributed by atoms with E-state index in [-0.39, 0.29) is 28.4 Å². The van der Waals surface area contributed by atoms with Gasteiger partial charge in [-0.3, -0.25) is 9.10 Å². The second kappa shape index (κ2) is 9.90. The first kappa shape index (κ1) is 28.1. The lowest BCUT2D eigenvalue weighted by Crippen LogP contribution is -2.50. The Kier molecular flexibility index (Phi) is 6.46. The fourth-order valence-electron chi connectivity index (χ4n) is 7.31. The molecule has 7 rings (SSSR count). The maximum Gasteiger partial charge on any atom is 0.387 e. The molecule has 0 spiro atoms. The Labute approximate surface area is 247 Å². The standard InChI is InChI=1S/C32H30F3NO6S/c33-23-13-22(14-24(16-23)41-30(34)35)21-5-8-27-26(15-21)36(43(39,40)25-6-3-20(4-7-25)19-1-2-19)17-28(42-27)31-9-11-32(18-31,12-10-31)29(37)38/h3-8,13-16,19,28,30H,1-2,9-12,17-18H2,(H,37,38)/t28-,31?,32?/m1/s1. The van der Waals surface area contributed by atoms with Crippen molar-refractivity contribution in [2.45, 2.75) is 68.5 Å². The minimum Gasteiger partial charge on any atom is -0.486 e. The van der Waals surface area contributed by atoms with E-state index in [1.54, 1.807) is 30.3 Å². The highest BCUT2D eigenvalue weighted by Gasteiger charge is 2.62. The Balaban J connectivity index is 1.30. The smallest absolute Gasteiger partial charge is 0.387 e. The number of ether oxygens (including phenoxy) is 2. The van der Waals surface area contributed by atoms with E-state index in [0.29, 0.717) is 49.3 Å². The van der Waals surface area contributed by atoms with Crippen LogP contribution in [0.15, 0.2) is 65.6 Å². The number of rotatable bonds is 8. The van der Waals surface area contributed by atoms with Gasteiger partial charge in [-0.25, -0.2) is 12.8 Å². The number of hydrogen-bond donors (Lipinski definition) is 1. The van der Waals surface area contributed by atoms with E-state index in [2.05, 4.69) is 4.74 Å². The third kappa shape index (κ3) is 4.81. The number of fused-ring (bicyclic) bond motifs is 3. The maximum absolute atomic E-state index is 14.4. The number of carbonyl (C=O) groups is 1. The molecule has 0 saturated heterocycles. The van der Waals surface area contributed by atoms with Gasteiger partial charge in [-0.2, -0.15) is 8.78 Å². The number of aliphatic carboxylic acids is 1. The second-order valence-electron chi connectivity index (χ2n) is 12.3. The molecule has 0 amide bonds. The van der Waals surface area contributed by atoms with Crippen molar-refractivity contribution in [1.82, 2.24) is 0 Å². The molecular formula is C32H30F3NO6S. The number of anilines is 1. The molecule has 1 N–H and O–H groups in total. The largest absolute Gasteiger partial charge is 0.486 e. The molecule has 226 valence electrons. The highest BCUT2D eigenvalue weighted by molar-refractivity contribution is 7.92. The topological polar surface area (TPSA) is 93.1 Å². The number of alkyl halides is 2. The van der Waals surface area contributed by atoms with Crippen LogP contribution in [0.1, 0.15) is 56.4 Å². The summed E-state index contributed by atoms with van der Waals surface area (Å²) >= 11 is 0. The van der Waals surface area contributed by atoms with Gasteiger partial charge in [0.05, 0.1) is 22.5 Å². The number of hydrogen-bond acceptors (Lipinski definition) is 5. The summed E-state index contributed by atoms with van der Waals surface area (Å²) in [5, 5.41) is 9.96. The first-order valence-electron chi connectivity index (χ1n) is 14.4. The van der Waals surface area contributed by atoms with E-state index in [4.69, 9.17) is 4.74 Å². The average molecular weight is 614 g/mol. The molecule has 3 aromatic rings. The Hall–Kier alpha value is -3.73. The number of carboxylic acid groups (broad SMARTS) is 1. The molecule has 0 unspecified atom stereocenters.